The Morgan fingerprint density at radius 2 is 1.42 bits per heavy atom. The predicted octanol–water partition coefficient (Wildman–Crippen LogP) is 4.94. The van der Waals surface area contributed by atoms with Crippen molar-refractivity contribution in [1.29, 1.82) is 0 Å². The van der Waals surface area contributed by atoms with E-state index in [1.807, 2.05) is 55.5 Å². The molecule has 1 atom stereocenters. The highest BCUT2D eigenvalue weighted by atomic mass is 16.5. The van der Waals surface area contributed by atoms with Gasteiger partial charge in [0.15, 0.2) is 0 Å². The maximum absolute atomic E-state index is 10.8. The van der Waals surface area contributed by atoms with E-state index in [0.29, 0.717) is 17.9 Å². The maximum Gasteiger partial charge on any atom is 0.122 e. The van der Waals surface area contributed by atoms with Crippen molar-refractivity contribution >= 4 is 0 Å². The molecule has 142 valence electrons. The van der Waals surface area contributed by atoms with Gasteiger partial charge < -0.3 is 19.3 Å². The van der Waals surface area contributed by atoms with Crippen LogP contribution in [0.3, 0.4) is 0 Å². The van der Waals surface area contributed by atoms with Gasteiger partial charge in [0.1, 0.15) is 17.2 Å². The number of hydrogen-bond acceptors (Lipinski definition) is 4. The molecule has 1 N–H and O–H groups in total. The highest BCUT2D eigenvalue weighted by molar-refractivity contribution is 5.40. The average Bonchev–Trinajstić information content (AvgIpc) is 2.67. The molecule has 0 radical (unpaired) electrons. The van der Waals surface area contributed by atoms with E-state index in [9.17, 15) is 5.11 Å². The lowest BCUT2D eigenvalue weighted by molar-refractivity contribution is 0.0443. The lowest BCUT2D eigenvalue weighted by atomic mass is 9.89. The van der Waals surface area contributed by atoms with Crippen LogP contribution in [0.1, 0.15) is 44.6 Å². The molecule has 2 rings (SSSR count). The number of aliphatic hydroxyl groups is 1. The van der Waals surface area contributed by atoms with Crippen molar-refractivity contribution < 1.29 is 19.3 Å². The fourth-order valence-electron chi connectivity index (χ4n) is 2.89. The van der Waals surface area contributed by atoms with Crippen molar-refractivity contribution in [2.24, 2.45) is 0 Å². The Labute approximate surface area is 156 Å². The molecular weight excluding hydrogens is 328 g/mol. The van der Waals surface area contributed by atoms with E-state index in [-0.39, 0.29) is 0 Å². The second-order valence-corrected chi connectivity index (χ2v) is 6.70. The van der Waals surface area contributed by atoms with Gasteiger partial charge in [-0.05, 0) is 49.6 Å². The highest BCUT2D eigenvalue weighted by Gasteiger charge is 2.24. The summed E-state index contributed by atoms with van der Waals surface area (Å²) in [7, 11) is 3.23. The highest BCUT2D eigenvalue weighted by Crippen LogP contribution is 2.33. The molecule has 0 heterocycles. The van der Waals surface area contributed by atoms with Crippen molar-refractivity contribution in [1.82, 2.24) is 0 Å². The molecule has 4 nitrogen and oxygen atoms in total. The van der Waals surface area contributed by atoms with Gasteiger partial charge in [-0.25, -0.2) is 0 Å². The van der Waals surface area contributed by atoms with Crippen molar-refractivity contribution in [3.05, 3.63) is 54.1 Å². The normalized spacial score (nSPS) is 13.1. The van der Waals surface area contributed by atoms with Crippen LogP contribution in [0.25, 0.3) is 0 Å². The minimum absolute atomic E-state index is 0.692. The largest absolute Gasteiger partial charge is 0.497 e. The molecule has 0 aliphatic rings. The molecule has 0 saturated heterocycles. The monoisotopic (exact) mass is 358 g/mol. The van der Waals surface area contributed by atoms with E-state index in [1.165, 1.54) is 0 Å². The van der Waals surface area contributed by atoms with Gasteiger partial charge in [-0.2, -0.15) is 0 Å². The molecule has 0 aromatic heterocycles. The first-order valence-corrected chi connectivity index (χ1v) is 9.19. The second-order valence-electron chi connectivity index (χ2n) is 6.70. The number of hydrogen-bond donors (Lipinski definition) is 1. The van der Waals surface area contributed by atoms with Gasteiger partial charge in [0.25, 0.3) is 0 Å². The minimum atomic E-state index is -0.900. The number of unbranched alkanes of at least 4 members (excludes halogenated alkanes) is 3. The van der Waals surface area contributed by atoms with Gasteiger partial charge in [0.05, 0.1) is 26.4 Å². The van der Waals surface area contributed by atoms with Crippen molar-refractivity contribution in [2.75, 3.05) is 20.8 Å². The summed E-state index contributed by atoms with van der Waals surface area (Å²) in [5, 5.41) is 10.8. The summed E-state index contributed by atoms with van der Waals surface area (Å²) in [6.45, 7) is 2.58. The lowest BCUT2D eigenvalue weighted by Gasteiger charge is -2.25. The molecule has 1 unspecified atom stereocenters. The summed E-state index contributed by atoms with van der Waals surface area (Å²) >= 11 is 0. The molecule has 26 heavy (non-hydrogen) atoms. The summed E-state index contributed by atoms with van der Waals surface area (Å²) in [4.78, 5) is 0. The van der Waals surface area contributed by atoms with Crippen LogP contribution >= 0.6 is 0 Å². The molecule has 0 saturated carbocycles. The third-order valence-corrected chi connectivity index (χ3v) is 4.54. The van der Waals surface area contributed by atoms with Crippen LogP contribution in [-0.2, 0) is 5.60 Å². The van der Waals surface area contributed by atoms with Crippen LogP contribution < -0.4 is 14.2 Å². The van der Waals surface area contributed by atoms with Gasteiger partial charge in [-0.15, -0.1) is 0 Å². The molecular formula is C22H30O4. The molecule has 2 aromatic carbocycles. The zero-order valence-electron chi connectivity index (χ0n) is 16.0. The number of benzene rings is 2. The Morgan fingerprint density at radius 3 is 2.04 bits per heavy atom. The van der Waals surface area contributed by atoms with Crippen LogP contribution in [0.5, 0.6) is 17.2 Å². The Balaban J connectivity index is 1.72. The first-order valence-electron chi connectivity index (χ1n) is 9.19. The lowest BCUT2D eigenvalue weighted by Crippen LogP contribution is -2.21. The van der Waals surface area contributed by atoms with Gasteiger partial charge >= 0.3 is 0 Å². The Hall–Kier alpha value is -2.20. The molecule has 4 heteroatoms. The minimum Gasteiger partial charge on any atom is -0.497 e. The van der Waals surface area contributed by atoms with Gasteiger partial charge in [-0.3, -0.25) is 0 Å². The van der Waals surface area contributed by atoms with E-state index in [0.717, 1.165) is 43.6 Å². The molecule has 0 fully saturated rings. The number of para-hydroxylation sites is 1. The molecule has 2 aromatic rings. The van der Waals surface area contributed by atoms with Crippen molar-refractivity contribution in [3.63, 3.8) is 0 Å². The first-order chi connectivity index (χ1) is 12.5. The maximum atomic E-state index is 10.8. The fraction of sp³-hybridized carbons (Fsp3) is 0.455. The summed E-state index contributed by atoms with van der Waals surface area (Å²) in [5.74, 6) is 2.30. The zero-order valence-corrected chi connectivity index (χ0v) is 16.0. The zero-order chi connectivity index (χ0) is 18.8. The third-order valence-electron chi connectivity index (χ3n) is 4.54. The van der Waals surface area contributed by atoms with Crippen LogP contribution in [0, 0.1) is 0 Å². The molecule has 0 aliphatic carbocycles. The van der Waals surface area contributed by atoms with Crippen LogP contribution in [0.4, 0.5) is 0 Å². The fourth-order valence-corrected chi connectivity index (χ4v) is 2.89. The van der Waals surface area contributed by atoms with Crippen molar-refractivity contribution in [2.45, 2.75) is 44.6 Å². The van der Waals surface area contributed by atoms with Crippen molar-refractivity contribution in [3.8, 4) is 17.2 Å². The van der Waals surface area contributed by atoms with Crippen LogP contribution in [0.15, 0.2) is 48.5 Å². The SMILES string of the molecule is COc1cc(OC)cc(C(C)(O)CCCCCCOc2ccccc2)c1. The van der Waals surface area contributed by atoms with Crippen LogP contribution in [0.2, 0.25) is 0 Å². The molecule has 0 bridgehead atoms. The molecule has 0 spiro atoms. The summed E-state index contributed by atoms with van der Waals surface area (Å²) in [5.41, 5.74) is -0.0800. The Bertz CT molecular complexity index is 630. The summed E-state index contributed by atoms with van der Waals surface area (Å²) in [6.07, 6.45) is 4.82. The van der Waals surface area contributed by atoms with E-state index in [1.54, 1.807) is 14.2 Å². The Morgan fingerprint density at radius 1 is 0.808 bits per heavy atom. The van der Waals surface area contributed by atoms with E-state index >= 15 is 0 Å². The second kappa shape index (κ2) is 10.1. The van der Waals surface area contributed by atoms with E-state index in [4.69, 9.17) is 14.2 Å². The van der Waals surface area contributed by atoms with Crippen LogP contribution in [-0.4, -0.2) is 25.9 Å². The first kappa shape index (κ1) is 20.1. The quantitative estimate of drug-likeness (QED) is 0.578. The standard InChI is InChI=1S/C22H30O4/c1-22(23,18-15-20(24-2)17-21(16-18)25-3)13-9-4-5-10-14-26-19-11-7-6-8-12-19/h6-8,11-12,15-17,23H,4-5,9-10,13-14H2,1-3H3. The Kier molecular flexibility index (Phi) is 7.79. The van der Waals surface area contributed by atoms with Gasteiger partial charge in [-0.1, -0.05) is 37.5 Å². The number of methoxy groups -OCH3 is 2. The smallest absolute Gasteiger partial charge is 0.122 e. The average molecular weight is 358 g/mol. The summed E-state index contributed by atoms with van der Waals surface area (Å²) in [6, 6.07) is 15.4. The summed E-state index contributed by atoms with van der Waals surface area (Å²) < 4.78 is 16.3. The number of rotatable bonds is 11. The van der Waals surface area contributed by atoms with Gasteiger partial charge in [0.2, 0.25) is 0 Å². The van der Waals surface area contributed by atoms with E-state index in [2.05, 4.69) is 0 Å². The third kappa shape index (κ3) is 6.26. The topological polar surface area (TPSA) is 47.9 Å². The predicted molar refractivity (Wildman–Crippen MR) is 104 cm³/mol. The van der Waals surface area contributed by atoms with Gasteiger partial charge in [0, 0.05) is 6.07 Å². The number of ether oxygens (including phenoxy) is 3. The van der Waals surface area contributed by atoms with E-state index < -0.39 is 5.60 Å². The molecule has 0 aliphatic heterocycles. The molecule has 0 amide bonds.